The Hall–Kier alpha value is -2.54. The highest BCUT2D eigenvalue weighted by Crippen LogP contribution is 2.30. The third-order valence-corrected chi connectivity index (χ3v) is 4.46. The third-order valence-electron chi connectivity index (χ3n) is 3.27. The smallest absolute Gasteiger partial charge is 0.256 e. The van der Waals surface area contributed by atoms with Gasteiger partial charge in [-0.1, -0.05) is 6.92 Å². The molecule has 3 N–H and O–H groups in total. The van der Waals surface area contributed by atoms with E-state index in [2.05, 4.69) is 5.32 Å². The van der Waals surface area contributed by atoms with E-state index in [1.54, 1.807) is 24.3 Å². The van der Waals surface area contributed by atoms with Gasteiger partial charge in [-0.25, -0.2) is 0 Å². The summed E-state index contributed by atoms with van der Waals surface area (Å²) in [5.41, 5.74) is 6.07. The molecule has 0 aliphatic heterocycles. The van der Waals surface area contributed by atoms with Crippen molar-refractivity contribution < 1.29 is 19.1 Å². The summed E-state index contributed by atoms with van der Waals surface area (Å²) >= 11 is 1.34. The summed E-state index contributed by atoms with van der Waals surface area (Å²) in [6, 6.07) is 6.55. The highest BCUT2D eigenvalue weighted by molar-refractivity contribution is 7.16. The fourth-order valence-electron chi connectivity index (χ4n) is 2.04. The highest BCUT2D eigenvalue weighted by atomic mass is 32.1. The molecule has 0 aliphatic carbocycles. The van der Waals surface area contributed by atoms with Crippen molar-refractivity contribution in [1.29, 1.82) is 0 Å². The van der Waals surface area contributed by atoms with Crippen LogP contribution in [0.2, 0.25) is 0 Å². The Morgan fingerprint density at radius 2 is 1.87 bits per heavy atom. The van der Waals surface area contributed by atoms with Gasteiger partial charge in [0, 0.05) is 10.4 Å². The molecule has 122 valence electrons. The van der Waals surface area contributed by atoms with Gasteiger partial charge < -0.3 is 20.5 Å². The molecule has 0 radical (unpaired) electrons. The molecule has 2 amide bonds. The molecule has 0 bridgehead atoms. The molecule has 2 aromatic rings. The second-order valence-corrected chi connectivity index (χ2v) is 5.83. The first-order valence-corrected chi connectivity index (χ1v) is 7.77. The van der Waals surface area contributed by atoms with E-state index >= 15 is 0 Å². The first-order chi connectivity index (χ1) is 11.0. The number of aryl methyl sites for hydroxylation is 1. The number of amides is 2. The van der Waals surface area contributed by atoms with Crippen LogP contribution >= 0.6 is 11.3 Å². The normalized spacial score (nSPS) is 10.2. The van der Waals surface area contributed by atoms with Gasteiger partial charge in [-0.3, -0.25) is 9.59 Å². The lowest BCUT2D eigenvalue weighted by molar-refractivity contribution is 0.100. The number of carbonyl (C=O) groups excluding carboxylic acids is 2. The van der Waals surface area contributed by atoms with Gasteiger partial charge in [-0.2, -0.15) is 0 Å². The minimum atomic E-state index is -0.566. The molecular weight excluding hydrogens is 316 g/mol. The van der Waals surface area contributed by atoms with Crippen LogP contribution in [0.4, 0.5) is 5.00 Å². The summed E-state index contributed by atoms with van der Waals surface area (Å²) < 4.78 is 10.3. The molecule has 0 spiro atoms. The lowest BCUT2D eigenvalue weighted by atomic mass is 10.2. The third kappa shape index (κ3) is 3.62. The number of ether oxygens (including phenoxy) is 2. The quantitative estimate of drug-likeness (QED) is 0.850. The van der Waals surface area contributed by atoms with Gasteiger partial charge in [-0.15, -0.1) is 11.3 Å². The van der Waals surface area contributed by atoms with Crippen molar-refractivity contribution in [2.45, 2.75) is 13.3 Å². The monoisotopic (exact) mass is 334 g/mol. The second-order valence-electron chi connectivity index (χ2n) is 4.70. The molecule has 0 saturated carbocycles. The van der Waals surface area contributed by atoms with Crippen LogP contribution in [0.25, 0.3) is 0 Å². The molecule has 1 aromatic carbocycles. The van der Waals surface area contributed by atoms with Crippen molar-refractivity contribution in [1.82, 2.24) is 0 Å². The van der Waals surface area contributed by atoms with Crippen LogP contribution in [-0.4, -0.2) is 26.0 Å². The maximum atomic E-state index is 12.4. The molecule has 1 heterocycles. The number of benzene rings is 1. The van der Waals surface area contributed by atoms with E-state index in [0.29, 0.717) is 27.6 Å². The zero-order valence-corrected chi connectivity index (χ0v) is 14.0. The number of methoxy groups -OCH3 is 2. The summed E-state index contributed by atoms with van der Waals surface area (Å²) in [6.45, 7) is 1.97. The topological polar surface area (TPSA) is 90.7 Å². The highest BCUT2D eigenvalue weighted by Gasteiger charge is 2.17. The summed E-state index contributed by atoms with van der Waals surface area (Å²) in [7, 11) is 3.02. The number of anilines is 1. The molecule has 23 heavy (non-hydrogen) atoms. The number of nitrogens with one attached hydrogen (secondary N) is 1. The minimum Gasteiger partial charge on any atom is -0.493 e. The Morgan fingerprint density at radius 1 is 1.17 bits per heavy atom. The van der Waals surface area contributed by atoms with Crippen LogP contribution in [0.5, 0.6) is 11.5 Å². The Kier molecular flexibility index (Phi) is 5.23. The van der Waals surface area contributed by atoms with Crippen molar-refractivity contribution in [2.24, 2.45) is 5.73 Å². The summed E-state index contributed by atoms with van der Waals surface area (Å²) in [4.78, 5) is 24.9. The molecule has 0 atom stereocenters. The molecule has 1 aromatic heterocycles. The molecule has 7 heteroatoms. The van der Waals surface area contributed by atoms with Gasteiger partial charge in [0.15, 0.2) is 11.5 Å². The van der Waals surface area contributed by atoms with Crippen molar-refractivity contribution in [2.75, 3.05) is 19.5 Å². The average Bonchev–Trinajstić information content (AvgIpc) is 2.97. The first kappa shape index (κ1) is 16.8. The van der Waals surface area contributed by atoms with E-state index in [-0.39, 0.29) is 5.91 Å². The Labute approximate surface area is 138 Å². The van der Waals surface area contributed by atoms with Crippen LogP contribution in [0.15, 0.2) is 24.3 Å². The van der Waals surface area contributed by atoms with E-state index < -0.39 is 5.91 Å². The molecular formula is C16H18N2O4S. The van der Waals surface area contributed by atoms with Gasteiger partial charge in [0.05, 0.1) is 19.8 Å². The van der Waals surface area contributed by atoms with Crippen LogP contribution < -0.4 is 20.5 Å². The number of rotatable bonds is 6. The molecule has 0 saturated heterocycles. The van der Waals surface area contributed by atoms with E-state index in [1.165, 1.54) is 25.6 Å². The lowest BCUT2D eigenvalue weighted by Crippen LogP contribution is -2.16. The maximum absolute atomic E-state index is 12.4. The zero-order valence-electron chi connectivity index (χ0n) is 13.1. The van der Waals surface area contributed by atoms with Crippen molar-refractivity contribution in [3.63, 3.8) is 0 Å². The standard InChI is InChI=1S/C16H18N2O4S/c1-4-10-8-11(14(17)19)16(23-10)18-15(20)9-5-6-12(21-2)13(7-9)22-3/h5-8H,4H2,1-3H3,(H2,17,19)(H,18,20). The largest absolute Gasteiger partial charge is 0.493 e. The first-order valence-electron chi connectivity index (χ1n) is 6.96. The van der Waals surface area contributed by atoms with Gasteiger partial charge >= 0.3 is 0 Å². The second kappa shape index (κ2) is 7.15. The van der Waals surface area contributed by atoms with Crippen LogP contribution in [0.1, 0.15) is 32.5 Å². The average molecular weight is 334 g/mol. The number of nitrogens with two attached hydrogens (primary N) is 1. The molecule has 2 rings (SSSR count). The fraction of sp³-hybridized carbons (Fsp3) is 0.250. The molecule has 0 aliphatic rings. The summed E-state index contributed by atoms with van der Waals surface area (Å²) in [6.07, 6.45) is 0.761. The molecule has 0 unspecified atom stereocenters. The van der Waals surface area contributed by atoms with Crippen molar-refractivity contribution in [3.8, 4) is 11.5 Å². The SMILES string of the molecule is CCc1cc(C(N)=O)c(NC(=O)c2ccc(OC)c(OC)c2)s1. The molecule has 6 nitrogen and oxygen atoms in total. The summed E-state index contributed by atoms with van der Waals surface area (Å²) in [5, 5.41) is 3.19. The zero-order chi connectivity index (χ0) is 17.0. The van der Waals surface area contributed by atoms with Gasteiger partial charge in [0.2, 0.25) is 0 Å². The Morgan fingerprint density at radius 3 is 2.43 bits per heavy atom. The number of carbonyl (C=O) groups is 2. The van der Waals surface area contributed by atoms with E-state index in [9.17, 15) is 9.59 Å². The van der Waals surface area contributed by atoms with E-state index in [4.69, 9.17) is 15.2 Å². The van der Waals surface area contributed by atoms with Crippen molar-refractivity contribution >= 4 is 28.2 Å². The van der Waals surface area contributed by atoms with Crippen molar-refractivity contribution in [3.05, 3.63) is 40.3 Å². The lowest BCUT2D eigenvalue weighted by Gasteiger charge is -2.09. The number of hydrogen-bond acceptors (Lipinski definition) is 5. The number of primary amides is 1. The van der Waals surface area contributed by atoms with Crippen LogP contribution in [-0.2, 0) is 6.42 Å². The number of thiophene rings is 1. The predicted octanol–water partition coefficient (Wildman–Crippen LogP) is 2.68. The molecule has 0 fully saturated rings. The Bertz CT molecular complexity index is 740. The predicted molar refractivity (Wildman–Crippen MR) is 89.7 cm³/mol. The minimum absolute atomic E-state index is 0.320. The van der Waals surface area contributed by atoms with Crippen LogP contribution in [0, 0.1) is 0 Å². The van der Waals surface area contributed by atoms with E-state index in [1.807, 2.05) is 6.92 Å². The van der Waals surface area contributed by atoms with E-state index in [0.717, 1.165) is 11.3 Å². The van der Waals surface area contributed by atoms with Gasteiger partial charge in [-0.05, 0) is 30.7 Å². The summed E-state index contributed by atoms with van der Waals surface area (Å²) in [5.74, 6) is 0.0727. The van der Waals surface area contributed by atoms with Crippen LogP contribution in [0.3, 0.4) is 0 Å². The number of hydrogen-bond donors (Lipinski definition) is 2. The van der Waals surface area contributed by atoms with Gasteiger partial charge in [0.25, 0.3) is 11.8 Å². The van der Waals surface area contributed by atoms with Gasteiger partial charge in [0.1, 0.15) is 5.00 Å². The maximum Gasteiger partial charge on any atom is 0.256 e. The Balaban J connectivity index is 2.29. The fourth-order valence-corrected chi connectivity index (χ4v) is 3.04.